The number of aromatic nitrogens is 1. The van der Waals surface area contributed by atoms with E-state index in [1.807, 2.05) is 12.1 Å². The van der Waals surface area contributed by atoms with Crippen molar-refractivity contribution in [2.75, 3.05) is 64.4 Å². The minimum Gasteiger partial charge on any atom is -0.379 e. The van der Waals surface area contributed by atoms with E-state index in [0.29, 0.717) is 11.7 Å². The number of nitrogens with zero attached hydrogens (tertiary/aromatic N) is 4. The molecule has 3 heterocycles. The van der Waals surface area contributed by atoms with Crippen molar-refractivity contribution in [2.45, 2.75) is 6.04 Å². The van der Waals surface area contributed by atoms with E-state index in [0.717, 1.165) is 64.6 Å². The molecule has 6 heteroatoms. The molecule has 0 saturated carbocycles. The predicted octanol–water partition coefficient (Wildman–Crippen LogP) is 0.347. The van der Waals surface area contributed by atoms with Gasteiger partial charge in [-0.15, -0.1) is 0 Å². The molecule has 2 fully saturated rings. The van der Waals surface area contributed by atoms with Crippen molar-refractivity contribution in [2.24, 2.45) is 0 Å². The maximum atomic E-state index is 10.8. The van der Waals surface area contributed by atoms with Gasteiger partial charge in [0, 0.05) is 45.3 Å². The molecule has 0 aromatic carbocycles. The first kappa shape index (κ1) is 15.4. The van der Waals surface area contributed by atoms with E-state index in [4.69, 9.17) is 4.74 Å². The minimum atomic E-state index is 0.502. The molecule has 2 aliphatic heterocycles. The molecule has 2 saturated heterocycles. The van der Waals surface area contributed by atoms with Crippen molar-refractivity contribution in [1.82, 2.24) is 14.8 Å². The molecule has 2 aliphatic rings. The van der Waals surface area contributed by atoms with E-state index < -0.39 is 0 Å². The Morgan fingerprint density at radius 3 is 2.86 bits per heavy atom. The van der Waals surface area contributed by atoms with Crippen LogP contribution in [0.5, 0.6) is 0 Å². The van der Waals surface area contributed by atoms with Crippen LogP contribution in [-0.4, -0.2) is 86.6 Å². The van der Waals surface area contributed by atoms with E-state index >= 15 is 0 Å². The number of anilines is 1. The topological polar surface area (TPSA) is 48.9 Å². The average Bonchev–Trinajstić information content (AvgIpc) is 2.53. The molecule has 6 nitrogen and oxygen atoms in total. The molecule has 0 spiro atoms. The Balaban J connectivity index is 1.42. The number of morpholine rings is 1. The second kappa shape index (κ2) is 7.17. The standard InChI is InChI=1S/C16H24N4O2/c1-18(5-6-19-7-9-22-10-8-19)15-11-20(12-15)16-4-2-3-14(13-21)17-16/h2-4,13,15H,5-12H2,1H3. The van der Waals surface area contributed by atoms with E-state index in [9.17, 15) is 4.79 Å². The summed E-state index contributed by atoms with van der Waals surface area (Å²) in [5.74, 6) is 0.905. The third-order valence-electron chi connectivity index (χ3n) is 4.56. The number of carbonyl (C=O) groups is 1. The van der Waals surface area contributed by atoms with Gasteiger partial charge in [-0.05, 0) is 19.2 Å². The first-order valence-electron chi connectivity index (χ1n) is 7.94. The van der Waals surface area contributed by atoms with E-state index in [-0.39, 0.29) is 0 Å². The molecule has 1 aromatic rings. The number of ether oxygens (including phenoxy) is 1. The van der Waals surface area contributed by atoms with Crippen LogP contribution < -0.4 is 4.90 Å². The molecule has 1 aromatic heterocycles. The molecule has 0 aliphatic carbocycles. The molecular formula is C16H24N4O2. The van der Waals surface area contributed by atoms with Gasteiger partial charge in [-0.2, -0.15) is 0 Å². The molecule has 0 radical (unpaired) electrons. The third kappa shape index (κ3) is 3.63. The van der Waals surface area contributed by atoms with Gasteiger partial charge in [-0.3, -0.25) is 14.6 Å². The van der Waals surface area contributed by atoms with Crippen molar-refractivity contribution < 1.29 is 9.53 Å². The van der Waals surface area contributed by atoms with Crippen LogP contribution in [0.25, 0.3) is 0 Å². The molecule has 0 atom stereocenters. The Morgan fingerprint density at radius 2 is 2.14 bits per heavy atom. The van der Waals surface area contributed by atoms with Crippen LogP contribution in [0.2, 0.25) is 0 Å². The molecule has 0 bridgehead atoms. The molecule has 0 unspecified atom stereocenters. The number of hydrogen-bond acceptors (Lipinski definition) is 6. The van der Waals surface area contributed by atoms with Crippen LogP contribution in [0.1, 0.15) is 10.5 Å². The highest BCUT2D eigenvalue weighted by Crippen LogP contribution is 2.21. The van der Waals surface area contributed by atoms with Crippen molar-refractivity contribution >= 4 is 12.1 Å². The number of carbonyl (C=O) groups excluding carboxylic acids is 1. The summed E-state index contributed by atoms with van der Waals surface area (Å²) >= 11 is 0. The van der Waals surface area contributed by atoms with Gasteiger partial charge in [0.25, 0.3) is 0 Å². The highest BCUT2D eigenvalue weighted by Gasteiger charge is 2.30. The van der Waals surface area contributed by atoms with Crippen molar-refractivity contribution in [1.29, 1.82) is 0 Å². The monoisotopic (exact) mass is 304 g/mol. The highest BCUT2D eigenvalue weighted by atomic mass is 16.5. The summed E-state index contributed by atoms with van der Waals surface area (Å²) in [4.78, 5) is 22.3. The second-order valence-electron chi connectivity index (χ2n) is 6.03. The minimum absolute atomic E-state index is 0.502. The second-order valence-corrected chi connectivity index (χ2v) is 6.03. The van der Waals surface area contributed by atoms with Crippen LogP contribution >= 0.6 is 0 Å². The number of likely N-dealkylation sites (N-methyl/N-ethyl adjacent to an activating group) is 1. The van der Waals surface area contributed by atoms with Gasteiger partial charge >= 0.3 is 0 Å². The Morgan fingerprint density at radius 1 is 1.36 bits per heavy atom. The number of rotatable bonds is 6. The molecular weight excluding hydrogens is 280 g/mol. The average molecular weight is 304 g/mol. The third-order valence-corrected chi connectivity index (χ3v) is 4.56. The Bertz CT molecular complexity index is 499. The van der Waals surface area contributed by atoms with Crippen LogP contribution in [0, 0.1) is 0 Å². The van der Waals surface area contributed by atoms with Gasteiger partial charge in [0.05, 0.1) is 13.2 Å². The van der Waals surface area contributed by atoms with Gasteiger partial charge in [-0.1, -0.05) is 6.07 Å². The Hall–Kier alpha value is -1.50. The summed E-state index contributed by atoms with van der Waals surface area (Å²) in [5, 5.41) is 0. The maximum absolute atomic E-state index is 10.8. The van der Waals surface area contributed by atoms with Gasteiger partial charge in [0.2, 0.25) is 0 Å². The molecule has 0 amide bonds. The molecule has 0 N–H and O–H groups in total. The summed E-state index contributed by atoms with van der Waals surface area (Å²) in [7, 11) is 2.19. The van der Waals surface area contributed by atoms with Crippen LogP contribution in [0.15, 0.2) is 18.2 Å². The summed E-state index contributed by atoms with van der Waals surface area (Å²) in [6, 6.07) is 6.17. The normalized spacial score (nSPS) is 20.2. The Kier molecular flexibility index (Phi) is 5.02. The lowest BCUT2D eigenvalue weighted by Gasteiger charge is -2.45. The fourth-order valence-electron chi connectivity index (χ4n) is 2.91. The summed E-state index contributed by atoms with van der Waals surface area (Å²) in [6.45, 7) is 7.97. The van der Waals surface area contributed by atoms with Gasteiger partial charge in [0.15, 0.2) is 6.29 Å². The molecule has 120 valence electrons. The predicted molar refractivity (Wildman–Crippen MR) is 85.5 cm³/mol. The fourth-order valence-corrected chi connectivity index (χ4v) is 2.91. The first-order chi connectivity index (χ1) is 10.8. The summed E-state index contributed by atoms with van der Waals surface area (Å²) in [5.41, 5.74) is 0.502. The van der Waals surface area contributed by atoms with Crippen molar-refractivity contribution in [3.63, 3.8) is 0 Å². The zero-order valence-electron chi connectivity index (χ0n) is 13.1. The maximum Gasteiger partial charge on any atom is 0.168 e. The highest BCUT2D eigenvalue weighted by molar-refractivity contribution is 5.72. The SMILES string of the molecule is CN(CCN1CCOCC1)C1CN(c2cccc(C=O)n2)C1. The van der Waals surface area contributed by atoms with Crippen LogP contribution in [0.3, 0.4) is 0 Å². The quantitative estimate of drug-likeness (QED) is 0.707. The van der Waals surface area contributed by atoms with Gasteiger partial charge in [-0.25, -0.2) is 4.98 Å². The van der Waals surface area contributed by atoms with E-state index in [1.165, 1.54) is 0 Å². The molecule has 22 heavy (non-hydrogen) atoms. The summed E-state index contributed by atoms with van der Waals surface area (Å²) in [6.07, 6.45) is 0.801. The van der Waals surface area contributed by atoms with E-state index in [2.05, 4.69) is 26.7 Å². The van der Waals surface area contributed by atoms with E-state index in [1.54, 1.807) is 6.07 Å². The van der Waals surface area contributed by atoms with Crippen molar-refractivity contribution in [3.8, 4) is 0 Å². The van der Waals surface area contributed by atoms with Crippen molar-refractivity contribution in [3.05, 3.63) is 23.9 Å². The smallest absolute Gasteiger partial charge is 0.168 e. The number of hydrogen-bond donors (Lipinski definition) is 0. The Labute approximate surface area is 131 Å². The number of pyridine rings is 1. The fraction of sp³-hybridized carbons (Fsp3) is 0.625. The van der Waals surface area contributed by atoms with Gasteiger partial charge < -0.3 is 9.64 Å². The molecule has 3 rings (SSSR count). The lowest BCUT2D eigenvalue weighted by atomic mass is 10.1. The first-order valence-corrected chi connectivity index (χ1v) is 7.94. The van der Waals surface area contributed by atoms with Crippen LogP contribution in [0.4, 0.5) is 5.82 Å². The largest absolute Gasteiger partial charge is 0.379 e. The lowest BCUT2D eigenvalue weighted by Crippen LogP contribution is -2.59. The lowest BCUT2D eigenvalue weighted by molar-refractivity contribution is 0.0318. The zero-order valence-corrected chi connectivity index (χ0v) is 13.1. The zero-order chi connectivity index (χ0) is 15.4. The number of aldehydes is 1. The van der Waals surface area contributed by atoms with Crippen LogP contribution in [-0.2, 0) is 4.74 Å². The van der Waals surface area contributed by atoms with Gasteiger partial charge in [0.1, 0.15) is 11.5 Å². The summed E-state index contributed by atoms with van der Waals surface area (Å²) < 4.78 is 5.37.